The van der Waals surface area contributed by atoms with Gasteiger partial charge in [0.15, 0.2) is 6.61 Å². The third-order valence-corrected chi connectivity index (χ3v) is 5.45. The van der Waals surface area contributed by atoms with Crippen LogP contribution in [0.3, 0.4) is 0 Å². The summed E-state index contributed by atoms with van der Waals surface area (Å²) in [5, 5.41) is 3.64. The van der Waals surface area contributed by atoms with Crippen molar-refractivity contribution in [2.75, 3.05) is 11.9 Å². The summed E-state index contributed by atoms with van der Waals surface area (Å²) in [6.45, 7) is 1.69. The number of amides is 1. The van der Waals surface area contributed by atoms with Gasteiger partial charge in [0.25, 0.3) is 5.91 Å². The summed E-state index contributed by atoms with van der Waals surface area (Å²) in [6.07, 6.45) is 4.40. The SMILES string of the molecule is Cc1ccc2nc(-c3ccc(NC(=O)COC(=O)C=Cc4ccccn4)cc3)sc2c1. The minimum Gasteiger partial charge on any atom is -0.452 e. The van der Waals surface area contributed by atoms with Crippen molar-refractivity contribution in [3.8, 4) is 10.6 Å². The van der Waals surface area contributed by atoms with Crippen LogP contribution in [0.5, 0.6) is 0 Å². The number of carbonyl (C=O) groups is 2. The summed E-state index contributed by atoms with van der Waals surface area (Å²) in [5.74, 6) is -1.02. The molecule has 1 N–H and O–H groups in total. The first-order valence-corrected chi connectivity index (χ1v) is 10.4. The highest BCUT2D eigenvalue weighted by Gasteiger charge is 2.09. The monoisotopic (exact) mass is 429 g/mol. The third kappa shape index (κ3) is 5.40. The van der Waals surface area contributed by atoms with E-state index in [0.29, 0.717) is 11.4 Å². The number of ether oxygens (including phenoxy) is 1. The number of benzene rings is 2. The average molecular weight is 430 g/mol. The molecule has 0 saturated heterocycles. The van der Waals surface area contributed by atoms with Gasteiger partial charge in [0, 0.05) is 23.5 Å². The molecule has 154 valence electrons. The molecule has 7 heteroatoms. The molecule has 0 unspecified atom stereocenters. The van der Waals surface area contributed by atoms with Crippen molar-refractivity contribution in [3.63, 3.8) is 0 Å². The van der Waals surface area contributed by atoms with Gasteiger partial charge >= 0.3 is 5.97 Å². The minimum atomic E-state index is -0.609. The van der Waals surface area contributed by atoms with Gasteiger partial charge < -0.3 is 10.1 Å². The van der Waals surface area contributed by atoms with E-state index in [1.54, 1.807) is 41.8 Å². The lowest BCUT2D eigenvalue weighted by Gasteiger charge is -2.06. The Balaban J connectivity index is 1.31. The highest BCUT2D eigenvalue weighted by molar-refractivity contribution is 7.21. The maximum absolute atomic E-state index is 12.1. The number of anilines is 1. The van der Waals surface area contributed by atoms with E-state index in [1.807, 2.05) is 30.3 Å². The van der Waals surface area contributed by atoms with Crippen LogP contribution in [0.2, 0.25) is 0 Å². The van der Waals surface area contributed by atoms with Crippen molar-refractivity contribution in [1.82, 2.24) is 9.97 Å². The molecule has 0 spiro atoms. The molecule has 4 aromatic rings. The van der Waals surface area contributed by atoms with E-state index >= 15 is 0 Å². The van der Waals surface area contributed by atoms with Gasteiger partial charge in [0.2, 0.25) is 0 Å². The zero-order chi connectivity index (χ0) is 21.6. The van der Waals surface area contributed by atoms with E-state index in [1.165, 1.54) is 17.7 Å². The van der Waals surface area contributed by atoms with Crippen LogP contribution in [0.15, 0.2) is 72.9 Å². The van der Waals surface area contributed by atoms with Crippen molar-refractivity contribution in [1.29, 1.82) is 0 Å². The molecule has 0 radical (unpaired) electrons. The van der Waals surface area contributed by atoms with Crippen molar-refractivity contribution in [2.24, 2.45) is 0 Å². The summed E-state index contributed by atoms with van der Waals surface area (Å²) < 4.78 is 6.10. The lowest BCUT2D eigenvalue weighted by molar-refractivity contribution is -0.142. The first kappa shape index (κ1) is 20.4. The second kappa shape index (κ2) is 9.32. The van der Waals surface area contributed by atoms with E-state index < -0.39 is 11.9 Å². The number of rotatable bonds is 6. The van der Waals surface area contributed by atoms with E-state index in [-0.39, 0.29) is 6.61 Å². The highest BCUT2D eigenvalue weighted by Crippen LogP contribution is 2.31. The number of aromatic nitrogens is 2. The van der Waals surface area contributed by atoms with Crippen molar-refractivity contribution in [2.45, 2.75) is 6.92 Å². The zero-order valence-corrected chi connectivity index (χ0v) is 17.6. The molecule has 2 aromatic carbocycles. The second-order valence-corrected chi connectivity index (χ2v) is 7.84. The molecule has 2 heterocycles. The number of hydrogen-bond donors (Lipinski definition) is 1. The molecule has 0 saturated carbocycles. The first-order valence-electron chi connectivity index (χ1n) is 9.60. The van der Waals surface area contributed by atoms with Gasteiger partial charge in [-0.3, -0.25) is 9.78 Å². The molecule has 0 aliphatic carbocycles. The molecule has 31 heavy (non-hydrogen) atoms. The highest BCUT2D eigenvalue weighted by atomic mass is 32.1. The fourth-order valence-corrected chi connectivity index (χ4v) is 3.93. The Morgan fingerprint density at radius 3 is 2.71 bits per heavy atom. The van der Waals surface area contributed by atoms with Crippen LogP contribution in [0.1, 0.15) is 11.3 Å². The van der Waals surface area contributed by atoms with Crippen LogP contribution < -0.4 is 5.32 Å². The maximum Gasteiger partial charge on any atom is 0.331 e. The van der Waals surface area contributed by atoms with E-state index in [4.69, 9.17) is 4.74 Å². The second-order valence-electron chi connectivity index (χ2n) is 6.81. The molecular weight excluding hydrogens is 410 g/mol. The fraction of sp³-hybridized carbons (Fsp3) is 0.0833. The van der Waals surface area contributed by atoms with Gasteiger partial charge in [-0.2, -0.15) is 0 Å². The molecule has 0 aliphatic heterocycles. The summed E-state index contributed by atoms with van der Waals surface area (Å²) >= 11 is 1.63. The summed E-state index contributed by atoms with van der Waals surface area (Å²) in [6, 6.07) is 19.0. The molecule has 0 atom stereocenters. The van der Waals surface area contributed by atoms with Crippen LogP contribution >= 0.6 is 11.3 Å². The number of esters is 1. The largest absolute Gasteiger partial charge is 0.452 e. The van der Waals surface area contributed by atoms with Crippen LogP contribution in [-0.4, -0.2) is 28.5 Å². The van der Waals surface area contributed by atoms with E-state index in [0.717, 1.165) is 20.8 Å². The van der Waals surface area contributed by atoms with Crippen LogP contribution in [0.4, 0.5) is 5.69 Å². The van der Waals surface area contributed by atoms with E-state index in [2.05, 4.69) is 28.3 Å². The molecule has 0 fully saturated rings. The van der Waals surface area contributed by atoms with E-state index in [9.17, 15) is 9.59 Å². The van der Waals surface area contributed by atoms with Crippen LogP contribution in [0.25, 0.3) is 26.9 Å². The Hall–Kier alpha value is -3.84. The zero-order valence-electron chi connectivity index (χ0n) is 16.7. The maximum atomic E-state index is 12.1. The number of pyridine rings is 1. The lowest BCUT2D eigenvalue weighted by atomic mass is 10.2. The smallest absolute Gasteiger partial charge is 0.331 e. The van der Waals surface area contributed by atoms with Crippen LogP contribution in [0, 0.1) is 6.92 Å². The molecule has 6 nitrogen and oxygen atoms in total. The van der Waals surface area contributed by atoms with Gasteiger partial charge in [0.05, 0.1) is 15.9 Å². The Kier molecular flexibility index (Phi) is 6.14. The van der Waals surface area contributed by atoms with Crippen molar-refractivity contribution < 1.29 is 14.3 Å². The Labute approximate surface area is 183 Å². The fourth-order valence-electron chi connectivity index (χ4n) is 2.86. The van der Waals surface area contributed by atoms with Gasteiger partial charge in [-0.1, -0.05) is 12.1 Å². The summed E-state index contributed by atoms with van der Waals surface area (Å²) in [4.78, 5) is 32.5. The summed E-state index contributed by atoms with van der Waals surface area (Å²) in [5.41, 5.74) is 4.40. The minimum absolute atomic E-state index is 0.371. The number of thiazole rings is 1. The average Bonchev–Trinajstić information content (AvgIpc) is 3.20. The predicted octanol–water partition coefficient (Wildman–Crippen LogP) is 4.86. The number of aryl methyl sites for hydroxylation is 1. The Bertz CT molecular complexity index is 1250. The third-order valence-electron chi connectivity index (χ3n) is 4.38. The molecule has 0 bridgehead atoms. The number of nitrogens with zero attached hydrogens (tertiary/aromatic N) is 2. The standard InChI is InChI=1S/C24H19N3O3S/c1-16-5-11-20-21(14-16)31-24(27-20)17-6-8-19(9-7-17)26-22(28)15-30-23(29)12-10-18-4-2-3-13-25-18/h2-14H,15H2,1H3,(H,26,28). The van der Waals surface area contributed by atoms with Crippen molar-refractivity contribution in [3.05, 3.63) is 84.2 Å². The van der Waals surface area contributed by atoms with Crippen molar-refractivity contribution >= 4 is 45.2 Å². The molecule has 1 amide bonds. The molecule has 2 aromatic heterocycles. The topological polar surface area (TPSA) is 81.2 Å². The first-order chi connectivity index (χ1) is 15.1. The molecular formula is C24H19N3O3S. The number of nitrogens with one attached hydrogen (secondary N) is 1. The van der Waals surface area contributed by atoms with Gasteiger partial charge in [-0.15, -0.1) is 11.3 Å². The van der Waals surface area contributed by atoms with Gasteiger partial charge in [-0.05, 0) is 67.1 Å². The predicted molar refractivity (Wildman–Crippen MR) is 123 cm³/mol. The Morgan fingerprint density at radius 2 is 1.94 bits per heavy atom. The number of hydrogen-bond acceptors (Lipinski definition) is 6. The Morgan fingerprint density at radius 1 is 1.10 bits per heavy atom. The number of fused-ring (bicyclic) bond motifs is 1. The van der Waals surface area contributed by atoms with Crippen LogP contribution in [-0.2, 0) is 14.3 Å². The quantitative estimate of drug-likeness (QED) is 0.350. The molecule has 0 aliphatic rings. The van der Waals surface area contributed by atoms with Gasteiger partial charge in [0.1, 0.15) is 5.01 Å². The lowest BCUT2D eigenvalue weighted by Crippen LogP contribution is -2.20. The summed E-state index contributed by atoms with van der Waals surface area (Å²) in [7, 11) is 0. The number of carbonyl (C=O) groups excluding carboxylic acids is 2. The van der Waals surface area contributed by atoms with Gasteiger partial charge in [-0.25, -0.2) is 9.78 Å². The normalized spacial score (nSPS) is 11.0. The molecule has 4 rings (SSSR count).